The smallest absolute Gasteiger partial charge is 0.264 e. The number of nitrogens with one attached hydrogen (secondary N) is 2. The van der Waals surface area contributed by atoms with Gasteiger partial charge in [0.2, 0.25) is 5.95 Å². The quantitative estimate of drug-likeness (QED) is 0.346. The summed E-state index contributed by atoms with van der Waals surface area (Å²) in [5, 5.41) is 7.85. The summed E-state index contributed by atoms with van der Waals surface area (Å²) in [5.74, 6) is -0.371. The second-order valence-corrected chi connectivity index (χ2v) is 9.50. The third kappa shape index (κ3) is 4.77. The molecule has 0 saturated heterocycles. The minimum absolute atomic E-state index is 0.0116. The Kier molecular flexibility index (Phi) is 6.13. The van der Waals surface area contributed by atoms with Crippen molar-refractivity contribution in [3.8, 4) is 11.3 Å². The van der Waals surface area contributed by atoms with Crippen molar-refractivity contribution in [2.45, 2.75) is 18.4 Å². The summed E-state index contributed by atoms with van der Waals surface area (Å²) in [4.78, 5) is 25.7. The van der Waals surface area contributed by atoms with Crippen LogP contribution in [0.4, 0.5) is 11.6 Å². The lowest BCUT2D eigenvalue weighted by Gasteiger charge is -2.11. The Hall–Kier alpha value is -4.64. The Morgan fingerprint density at radius 2 is 1.75 bits per heavy atom. The van der Waals surface area contributed by atoms with Crippen molar-refractivity contribution < 1.29 is 13.2 Å². The predicted molar refractivity (Wildman–Crippen MR) is 136 cm³/mol. The SMILES string of the molecule is CCn1cc(-c2cc(C(=O)Nc3ccc(S(=O)(=O)Nc4ncccn4)cc3)c3ccccc3n2)cn1. The van der Waals surface area contributed by atoms with Crippen molar-refractivity contribution in [1.29, 1.82) is 0 Å². The molecule has 0 atom stereocenters. The number of carbonyl (C=O) groups is 1. The number of sulfonamides is 1. The van der Waals surface area contributed by atoms with Crippen LogP contribution in [0.3, 0.4) is 0 Å². The van der Waals surface area contributed by atoms with Crippen LogP contribution in [0.5, 0.6) is 0 Å². The molecule has 3 heterocycles. The summed E-state index contributed by atoms with van der Waals surface area (Å²) in [6.07, 6.45) is 6.48. The van der Waals surface area contributed by atoms with E-state index in [1.54, 1.807) is 23.0 Å². The Morgan fingerprint density at radius 3 is 2.47 bits per heavy atom. The molecule has 180 valence electrons. The highest BCUT2D eigenvalue weighted by atomic mass is 32.2. The average Bonchev–Trinajstić information content (AvgIpc) is 3.38. The van der Waals surface area contributed by atoms with Gasteiger partial charge in [0.05, 0.1) is 27.9 Å². The van der Waals surface area contributed by atoms with Crippen LogP contribution in [-0.4, -0.2) is 39.1 Å². The van der Waals surface area contributed by atoms with Crippen molar-refractivity contribution in [3.63, 3.8) is 0 Å². The monoisotopic (exact) mass is 499 g/mol. The van der Waals surface area contributed by atoms with E-state index in [4.69, 9.17) is 4.98 Å². The predicted octanol–water partition coefficient (Wildman–Crippen LogP) is 3.96. The topological polar surface area (TPSA) is 132 Å². The molecule has 2 N–H and O–H groups in total. The fourth-order valence-electron chi connectivity index (χ4n) is 3.63. The van der Waals surface area contributed by atoms with Crippen molar-refractivity contribution in [2.75, 3.05) is 10.0 Å². The summed E-state index contributed by atoms with van der Waals surface area (Å²) in [6.45, 7) is 2.71. The number of hydrogen-bond acceptors (Lipinski definition) is 7. The Bertz CT molecular complexity index is 1650. The first-order valence-corrected chi connectivity index (χ1v) is 12.5. The van der Waals surface area contributed by atoms with Crippen LogP contribution in [0.1, 0.15) is 17.3 Å². The first-order valence-electron chi connectivity index (χ1n) is 11.1. The summed E-state index contributed by atoms with van der Waals surface area (Å²) >= 11 is 0. The number of benzene rings is 2. The summed E-state index contributed by atoms with van der Waals surface area (Å²) in [6, 6.07) is 16.6. The molecule has 0 aliphatic carbocycles. The lowest BCUT2D eigenvalue weighted by molar-refractivity contribution is 0.102. The van der Waals surface area contributed by atoms with Crippen molar-refractivity contribution in [3.05, 3.63) is 91.0 Å². The Morgan fingerprint density at radius 1 is 1.00 bits per heavy atom. The molecule has 5 rings (SSSR count). The summed E-state index contributed by atoms with van der Waals surface area (Å²) in [5.41, 5.74) is 3.01. The molecule has 0 aliphatic rings. The minimum Gasteiger partial charge on any atom is -0.322 e. The van der Waals surface area contributed by atoms with Crippen molar-refractivity contribution in [1.82, 2.24) is 24.7 Å². The molecule has 0 fully saturated rings. The van der Waals surface area contributed by atoms with Gasteiger partial charge in [-0.1, -0.05) is 18.2 Å². The number of anilines is 2. The van der Waals surface area contributed by atoms with Crippen LogP contribution in [-0.2, 0) is 16.6 Å². The average molecular weight is 500 g/mol. The van der Waals surface area contributed by atoms with Crippen LogP contribution in [0.15, 0.2) is 90.3 Å². The number of amides is 1. The normalized spacial score (nSPS) is 11.4. The number of carbonyl (C=O) groups excluding carboxylic acids is 1. The summed E-state index contributed by atoms with van der Waals surface area (Å²) < 4.78 is 29.3. The van der Waals surface area contributed by atoms with Gasteiger partial charge in [0, 0.05) is 41.8 Å². The first-order chi connectivity index (χ1) is 17.4. The molecule has 0 aliphatic heterocycles. The van der Waals surface area contributed by atoms with Gasteiger partial charge in [-0.15, -0.1) is 0 Å². The van der Waals surface area contributed by atoms with E-state index in [0.717, 1.165) is 12.1 Å². The summed E-state index contributed by atoms with van der Waals surface area (Å²) in [7, 11) is -3.88. The van der Waals surface area contributed by atoms with E-state index in [2.05, 4.69) is 25.1 Å². The highest BCUT2D eigenvalue weighted by Gasteiger charge is 2.17. The number of aryl methyl sites for hydroxylation is 1. The molecule has 10 nitrogen and oxygen atoms in total. The van der Waals surface area contributed by atoms with Gasteiger partial charge in [-0.05, 0) is 49.4 Å². The zero-order valence-corrected chi connectivity index (χ0v) is 20.0. The van der Waals surface area contributed by atoms with Crippen LogP contribution >= 0.6 is 0 Å². The molecule has 3 aromatic heterocycles. The number of para-hydroxylation sites is 1. The highest BCUT2D eigenvalue weighted by Crippen LogP contribution is 2.26. The number of rotatable bonds is 7. The molecular weight excluding hydrogens is 478 g/mol. The van der Waals surface area contributed by atoms with E-state index < -0.39 is 10.0 Å². The molecule has 1 amide bonds. The van der Waals surface area contributed by atoms with E-state index in [1.807, 2.05) is 37.4 Å². The number of nitrogens with zero attached hydrogens (tertiary/aromatic N) is 5. The third-order valence-corrected chi connectivity index (χ3v) is 6.77. The van der Waals surface area contributed by atoms with Gasteiger partial charge in [0.25, 0.3) is 15.9 Å². The van der Waals surface area contributed by atoms with Gasteiger partial charge in [-0.25, -0.2) is 28.1 Å². The lowest BCUT2D eigenvalue weighted by Crippen LogP contribution is -2.15. The van der Waals surface area contributed by atoms with E-state index >= 15 is 0 Å². The lowest BCUT2D eigenvalue weighted by atomic mass is 10.0. The Labute approximate surface area is 207 Å². The van der Waals surface area contributed by atoms with Crippen LogP contribution in [0.2, 0.25) is 0 Å². The van der Waals surface area contributed by atoms with Crippen LogP contribution in [0, 0.1) is 0 Å². The van der Waals surface area contributed by atoms with Gasteiger partial charge in [-0.2, -0.15) is 5.10 Å². The van der Waals surface area contributed by atoms with Crippen molar-refractivity contribution >= 4 is 38.5 Å². The van der Waals surface area contributed by atoms with Gasteiger partial charge in [0.15, 0.2) is 0 Å². The molecule has 2 aromatic carbocycles. The fraction of sp³-hybridized carbons (Fsp3) is 0.0800. The standard InChI is InChI=1S/C25H21N7O3S/c1-2-32-16-17(15-28-32)23-14-21(20-6-3-4-7-22(20)30-23)24(33)29-18-8-10-19(11-9-18)36(34,35)31-25-26-12-5-13-27-25/h3-16H,2H2,1H3,(H,29,33)(H,26,27,31). The second-order valence-electron chi connectivity index (χ2n) is 7.81. The van der Waals surface area contributed by atoms with Gasteiger partial charge < -0.3 is 5.32 Å². The maximum Gasteiger partial charge on any atom is 0.264 e. The first kappa shape index (κ1) is 23.1. The maximum absolute atomic E-state index is 13.3. The minimum atomic E-state index is -3.88. The molecule has 0 spiro atoms. The third-order valence-electron chi connectivity index (χ3n) is 5.43. The van der Waals surface area contributed by atoms with E-state index in [9.17, 15) is 13.2 Å². The fourth-order valence-corrected chi connectivity index (χ4v) is 4.58. The molecular formula is C25H21N7O3S. The molecule has 36 heavy (non-hydrogen) atoms. The number of fused-ring (bicyclic) bond motifs is 1. The second kappa shape index (κ2) is 9.55. The highest BCUT2D eigenvalue weighted by molar-refractivity contribution is 7.92. The molecule has 0 saturated carbocycles. The number of aromatic nitrogens is 5. The largest absolute Gasteiger partial charge is 0.322 e. The molecule has 11 heteroatoms. The van der Waals surface area contributed by atoms with Crippen LogP contribution < -0.4 is 10.0 Å². The molecule has 0 unspecified atom stereocenters. The number of pyridine rings is 1. The van der Waals surface area contributed by atoms with Crippen molar-refractivity contribution in [2.24, 2.45) is 0 Å². The zero-order chi connectivity index (χ0) is 25.1. The molecule has 5 aromatic rings. The Balaban J connectivity index is 1.41. The van der Waals surface area contributed by atoms with E-state index in [1.165, 1.54) is 36.7 Å². The van der Waals surface area contributed by atoms with Gasteiger partial charge in [0.1, 0.15) is 0 Å². The van der Waals surface area contributed by atoms with E-state index in [0.29, 0.717) is 27.8 Å². The number of hydrogen-bond donors (Lipinski definition) is 2. The van der Waals surface area contributed by atoms with Gasteiger partial charge >= 0.3 is 0 Å². The van der Waals surface area contributed by atoms with Gasteiger partial charge in [-0.3, -0.25) is 9.48 Å². The molecule has 0 radical (unpaired) electrons. The van der Waals surface area contributed by atoms with Crippen LogP contribution in [0.25, 0.3) is 22.2 Å². The zero-order valence-electron chi connectivity index (χ0n) is 19.2. The maximum atomic E-state index is 13.3. The van der Waals surface area contributed by atoms with E-state index in [-0.39, 0.29) is 16.8 Å². The molecule has 0 bridgehead atoms.